The van der Waals surface area contributed by atoms with Gasteiger partial charge < -0.3 is 0 Å². The second-order valence-corrected chi connectivity index (χ2v) is 2.17. The minimum absolute atomic E-state index is 0.947. The van der Waals surface area contributed by atoms with Gasteiger partial charge in [0.2, 0.25) is 0 Å². The van der Waals surface area contributed by atoms with Crippen molar-refractivity contribution in [1.82, 2.24) is 0 Å². The third-order valence-corrected chi connectivity index (χ3v) is 1.29. The summed E-state index contributed by atoms with van der Waals surface area (Å²) in [6, 6.07) is 0. The van der Waals surface area contributed by atoms with Crippen molar-refractivity contribution in [2.24, 2.45) is 0 Å². The molecule has 7 heavy (non-hydrogen) atoms. The van der Waals surface area contributed by atoms with E-state index < -0.39 is 0 Å². The fourth-order valence-electron chi connectivity index (χ4n) is 0.417. The van der Waals surface area contributed by atoms with Crippen LogP contribution < -0.4 is 0 Å². The molecule has 0 atom stereocenters. The van der Waals surface area contributed by atoms with Gasteiger partial charge in [0, 0.05) is 0 Å². The van der Waals surface area contributed by atoms with Crippen LogP contribution in [0.4, 0.5) is 0 Å². The molecule has 0 bridgehead atoms. The molecule has 0 aromatic rings. The summed E-state index contributed by atoms with van der Waals surface area (Å²) < 4.78 is 4.89. The molecular weight excluding hydrogens is 169 g/mol. The van der Waals surface area contributed by atoms with Crippen LogP contribution in [0.2, 0.25) is 0 Å². The normalized spacial score (nSPS) is 9.29. The fourth-order valence-corrected chi connectivity index (χ4v) is 0.734. The van der Waals surface area contributed by atoms with E-state index in [9.17, 15) is 0 Å². The monoisotopic (exact) mass is 180 g/mol. The molecule has 1 nitrogen and oxygen atoms in total. The Labute approximate surface area is 57.8 Å². The maximum atomic E-state index is 4.89. The van der Waals surface area contributed by atoms with Crippen molar-refractivity contribution in [3.05, 3.63) is 0 Å². The van der Waals surface area contributed by atoms with E-state index in [2.05, 4.69) is 6.92 Å². The zero-order valence-corrected chi connectivity index (χ0v) is 6.88. The molecule has 0 rings (SSSR count). The van der Waals surface area contributed by atoms with E-state index in [0.29, 0.717) is 0 Å². The van der Waals surface area contributed by atoms with E-state index in [1.54, 1.807) is 0 Å². The summed E-state index contributed by atoms with van der Waals surface area (Å²) in [5.74, 6) is 0. The number of hydrogen-bond acceptors (Lipinski definition) is 1. The SMILES string of the molecule is CCCCC[O][Nb]. The predicted molar refractivity (Wildman–Crippen MR) is 25.5 cm³/mol. The standard InChI is InChI=1S/C5H11O.Nb/c1-2-3-4-5-6;/h2-5H2,1H3;/q-1;+1. The molecule has 0 aromatic carbocycles. The van der Waals surface area contributed by atoms with Crippen molar-refractivity contribution >= 4 is 0 Å². The van der Waals surface area contributed by atoms with Gasteiger partial charge in [-0.15, -0.1) is 0 Å². The van der Waals surface area contributed by atoms with Crippen LogP contribution in [-0.2, 0) is 24.7 Å². The van der Waals surface area contributed by atoms with Crippen molar-refractivity contribution in [1.29, 1.82) is 0 Å². The molecule has 0 unspecified atom stereocenters. The van der Waals surface area contributed by atoms with E-state index in [-0.39, 0.29) is 0 Å². The second kappa shape index (κ2) is 6.70. The van der Waals surface area contributed by atoms with Crippen LogP contribution in [-0.4, -0.2) is 6.61 Å². The Balaban J connectivity index is 2.45. The number of rotatable bonds is 4. The van der Waals surface area contributed by atoms with Crippen LogP contribution in [0.25, 0.3) is 0 Å². The van der Waals surface area contributed by atoms with Crippen molar-refractivity contribution < 1.29 is 24.7 Å². The van der Waals surface area contributed by atoms with Crippen LogP contribution >= 0.6 is 0 Å². The Bertz CT molecular complexity index is 27.3. The maximum absolute atomic E-state index is 4.89. The third kappa shape index (κ3) is 6.70. The van der Waals surface area contributed by atoms with Gasteiger partial charge in [-0.25, -0.2) is 0 Å². The quantitative estimate of drug-likeness (QED) is 0.472. The van der Waals surface area contributed by atoms with E-state index in [0.717, 1.165) is 6.61 Å². The van der Waals surface area contributed by atoms with Gasteiger partial charge in [0.15, 0.2) is 0 Å². The summed E-state index contributed by atoms with van der Waals surface area (Å²) in [6.07, 6.45) is 3.82. The summed E-state index contributed by atoms with van der Waals surface area (Å²) in [6.45, 7) is 3.14. The van der Waals surface area contributed by atoms with Crippen molar-refractivity contribution in [2.75, 3.05) is 6.61 Å². The molecule has 2 heteroatoms. The summed E-state index contributed by atoms with van der Waals surface area (Å²) in [7, 11) is 0. The molecule has 0 saturated carbocycles. The topological polar surface area (TPSA) is 9.23 Å². The minimum atomic E-state index is 0.947. The predicted octanol–water partition coefficient (Wildman–Crippen LogP) is 1.66. The summed E-state index contributed by atoms with van der Waals surface area (Å²) >= 11 is 1.44. The van der Waals surface area contributed by atoms with Crippen LogP contribution in [0, 0.1) is 0 Å². The summed E-state index contributed by atoms with van der Waals surface area (Å²) in [4.78, 5) is 0. The first kappa shape index (κ1) is 7.70. The first-order chi connectivity index (χ1) is 3.41. The number of hydrogen-bond donors (Lipinski definition) is 0. The molecule has 0 aliphatic rings. The van der Waals surface area contributed by atoms with E-state index >= 15 is 0 Å². The first-order valence-corrected chi connectivity index (χ1v) is 3.58. The Kier molecular flexibility index (Phi) is 7.37. The van der Waals surface area contributed by atoms with Crippen LogP contribution in [0.15, 0.2) is 0 Å². The van der Waals surface area contributed by atoms with Gasteiger partial charge in [-0.3, -0.25) is 0 Å². The zero-order valence-electron chi connectivity index (χ0n) is 4.68. The van der Waals surface area contributed by atoms with Crippen molar-refractivity contribution in [3.8, 4) is 0 Å². The van der Waals surface area contributed by atoms with Gasteiger partial charge >= 0.3 is 57.5 Å². The average molecular weight is 180 g/mol. The summed E-state index contributed by atoms with van der Waals surface area (Å²) in [5.41, 5.74) is 0. The molecular formula is C5H11NbO. The van der Waals surface area contributed by atoms with Crippen LogP contribution in [0.3, 0.4) is 0 Å². The van der Waals surface area contributed by atoms with Crippen molar-refractivity contribution in [3.63, 3.8) is 0 Å². The molecule has 0 fully saturated rings. The Morgan fingerprint density at radius 1 is 1.43 bits per heavy atom. The van der Waals surface area contributed by atoms with Gasteiger partial charge in [0.25, 0.3) is 0 Å². The average Bonchev–Trinajstić information content (AvgIpc) is 1.69. The molecule has 0 saturated heterocycles. The molecule has 0 amide bonds. The molecule has 0 heterocycles. The molecule has 0 aromatic heterocycles. The van der Waals surface area contributed by atoms with Crippen molar-refractivity contribution in [2.45, 2.75) is 26.2 Å². The molecule has 0 spiro atoms. The van der Waals surface area contributed by atoms with E-state index in [4.69, 9.17) is 3.24 Å². The molecule has 0 N–H and O–H groups in total. The molecule has 42 valence electrons. The number of unbranched alkanes of at least 4 members (excludes halogenated alkanes) is 2. The van der Waals surface area contributed by atoms with Gasteiger partial charge in [-0.1, -0.05) is 0 Å². The zero-order chi connectivity index (χ0) is 5.54. The van der Waals surface area contributed by atoms with E-state index in [1.165, 1.54) is 40.7 Å². The van der Waals surface area contributed by atoms with Crippen LogP contribution in [0.1, 0.15) is 26.2 Å². The van der Waals surface area contributed by atoms with Gasteiger partial charge in [0.05, 0.1) is 0 Å². The first-order valence-electron chi connectivity index (χ1n) is 2.68. The fraction of sp³-hybridized carbons (Fsp3) is 1.00. The molecule has 0 aliphatic carbocycles. The van der Waals surface area contributed by atoms with Gasteiger partial charge in [-0.2, -0.15) is 0 Å². The van der Waals surface area contributed by atoms with Crippen LogP contribution in [0.5, 0.6) is 0 Å². The van der Waals surface area contributed by atoms with Gasteiger partial charge in [-0.05, 0) is 0 Å². The molecule has 0 aliphatic heterocycles. The Hall–Kier alpha value is 0.700. The third-order valence-electron chi connectivity index (χ3n) is 0.839. The second-order valence-electron chi connectivity index (χ2n) is 1.54. The van der Waals surface area contributed by atoms with E-state index in [1.807, 2.05) is 0 Å². The Morgan fingerprint density at radius 3 is 2.57 bits per heavy atom. The molecule has 0 radical (unpaired) electrons. The Morgan fingerprint density at radius 2 is 2.14 bits per heavy atom. The summed E-state index contributed by atoms with van der Waals surface area (Å²) in [5, 5.41) is 0. The van der Waals surface area contributed by atoms with Gasteiger partial charge in [0.1, 0.15) is 0 Å².